The number of alkyl halides is 1. The zero-order valence-corrected chi connectivity index (χ0v) is 9.67. The number of aryl methyl sites for hydroxylation is 1. The van der Waals surface area contributed by atoms with Crippen LogP contribution in [-0.4, -0.2) is 16.9 Å². The average molecular weight is 213 g/mol. The summed E-state index contributed by atoms with van der Waals surface area (Å²) in [6.07, 6.45) is 1.81. The Morgan fingerprint density at radius 2 is 2.21 bits per heavy atom. The molecule has 0 spiro atoms. The van der Waals surface area contributed by atoms with Crippen LogP contribution in [0.15, 0.2) is 18.3 Å². The van der Waals surface area contributed by atoms with E-state index in [2.05, 4.69) is 24.1 Å². The molecular weight excluding hydrogens is 196 g/mol. The third kappa shape index (κ3) is 3.18. The second-order valence-corrected chi connectivity index (χ2v) is 4.14. The Hall–Kier alpha value is -0.760. The Kier molecular flexibility index (Phi) is 4.21. The van der Waals surface area contributed by atoms with Crippen molar-refractivity contribution in [3.8, 4) is 0 Å². The Balaban J connectivity index is 2.67. The molecule has 0 bridgehead atoms. The molecule has 0 saturated heterocycles. The summed E-state index contributed by atoms with van der Waals surface area (Å²) < 4.78 is 0. The van der Waals surface area contributed by atoms with Crippen LogP contribution in [0, 0.1) is 12.8 Å². The fourth-order valence-electron chi connectivity index (χ4n) is 1.23. The Morgan fingerprint density at radius 3 is 2.71 bits per heavy atom. The fourth-order valence-corrected chi connectivity index (χ4v) is 1.67. The van der Waals surface area contributed by atoms with Crippen LogP contribution in [0.2, 0.25) is 0 Å². The fraction of sp³-hybridized carbons (Fsp3) is 0.545. The van der Waals surface area contributed by atoms with E-state index >= 15 is 0 Å². The molecule has 1 rings (SSSR count). The zero-order chi connectivity index (χ0) is 10.6. The van der Waals surface area contributed by atoms with Gasteiger partial charge in [-0.05, 0) is 25.0 Å². The minimum Gasteiger partial charge on any atom is -0.381 e. The van der Waals surface area contributed by atoms with Gasteiger partial charge in [-0.1, -0.05) is 13.8 Å². The molecule has 78 valence electrons. The lowest BCUT2D eigenvalue weighted by molar-refractivity contribution is 0.564. The van der Waals surface area contributed by atoms with Crippen molar-refractivity contribution >= 4 is 17.3 Å². The van der Waals surface area contributed by atoms with Gasteiger partial charge in [0.15, 0.2) is 0 Å². The topological polar surface area (TPSA) is 24.9 Å². The van der Waals surface area contributed by atoms with Gasteiger partial charge in [-0.2, -0.15) is 0 Å². The largest absolute Gasteiger partial charge is 0.381 e. The first-order valence-electron chi connectivity index (χ1n) is 4.88. The number of aromatic nitrogens is 1. The summed E-state index contributed by atoms with van der Waals surface area (Å²) in [4.78, 5) is 4.14. The van der Waals surface area contributed by atoms with Gasteiger partial charge in [-0.15, -0.1) is 11.6 Å². The summed E-state index contributed by atoms with van der Waals surface area (Å²) in [7, 11) is 0. The van der Waals surface area contributed by atoms with Crippen molar-refractivity contribution in [1.82, 2.24) is 4.98 Å². The summed E-state index contributed by atoms with van der Waals surface area (Å²) in [6, 6.07) is 4.31. The molecule has 0 aliphatic carbocycles. The van der Waals surface area contributed by atoms with Gasteiger partial charge < -0.3 is 5.32 Å². The molecule has 0 fully saturated rings. The van der Waals surface area contributed by atoms with E-state index in [1.165, 1.54) is 0 Å². The average Bonchev–Trinajstić information content (AvgIpc) is 2.14. The maximum atomic E-state index is 5.87. The molecule has 1 N–H and O–H groups in total. The Labute approximate surface area is 90.7 Å². The van der Waals surface area contributed by atoms with Crippen LogP contribution in [0.3, 0.4) is 0 Å². The SMILES string of the molecule is Cc1cc(NC(CCl)C(C)C)ccn1. The van der Waals surface area contributed by atoms with Gasteiger partial charge >= 0.3 is 0 Å². The highest BCUT2D eigenvalue weighted by molar-refractivity contribution is 6.18. The molecule has 0 aliphatic heterocycles. The monoisotopic (exact) mass is 212 g/mol. The van der Waals surface area contributed by atoms with Crippen LogP contribution < -0.4 is 5.32 Å². The standard InChI is InChI=1S/C11H17ClN2/c1-8(2)11(7-12)14-10-4-5-13-9(3)6-10/h4-6,8,11H,7H2,1-3H3,(H,13,14). The van der Waals surface area contributed by atoms with Crippen LogP contribution >= 0.6 is 11.6 Å². The molecule has 0 amide bonds. The molecule has 0 saturated carbocycles. The molecule has 0 aliphatic rings. The first kappa shape index (κ1) is 11.3. The van der Waals surface area contributed by atoms with Gasteiger partial charge in [0.1, 0.15) is 0 Å². The number of halogens is 1. The lowest BCUT2D eigenvalue weighted by Crippen LogP contribution is -2.27. The number of nitrogens with one attached hydrogen (secondary N) is 1. The number of hydrogen-bond acceptors (Lipinski definition) is 2. The summed E-state index contributed by atoms with van der Waals surface area (Å²) >= 11 is 5.87. The van der Waals surface area contributed by atoms with Gasteiger partial charge in [-0.3, -0.25) is 4.98 Å². The van der Waals surface area contributed by atoms with E-state index < -0.39 is 0 Å². The van der Waals surface area contributed by atoms with Crippen molar-refractivity contribution < 1.29 is 0 Å². The van der Waals surface area contributed by atoms with Crippen molar-refractivity contribution in [1.29, 1.82) is 0 Å². The molecule has 0 aromatic carbocycles. The second-order valence-electron chi connectivity index (χ2n) is 3.84. The molecule has 1 aromatic rings. The molecule has 14 heavy (non-hydrogen) atoms. The summed E-state index contributed by atoms with van der Waals surface area (Å²) in [5.41, 5.74) is 2.11. The summed E-state index contributed by atoms with van der Waals surface area (Å²) in [5, 5.41) is 3.40. The number of nitrogens with zero attached hydrogens (tertiary/aromatic N) is 1. The Bertz CT molecular complexity index is 286. The Morgan fingerprint density at radius 1 is 1.50 bits per heavy atom. The van der Waals surface area contributed by atoms with Crippen LogP contribution in [0.1, 0.15) is 19.5 Å². The van der Waals surface area contributed by atoms with Crippen molar-refractivity contribution in [2.45, 2.75) is 26.8 Å². The molecule has 1 aromatic heterocycles. The molecular formula is C11H17ClN2. The molecule has 1 unspecified atom stereocenters. The van der Waals surface area contributed by atoms with Gasteiger partial charge in [0, 0.05) is 29.5 Å². The molecule has 3 heteroatoms. The van der Waals surface area contributed by atoms with E-state index in [1.54, 1.807) is 0 Å². The quantitative estimate of drug-likeness (QED) is 0.776. The van der Waals surface area contributed by atoms with Crippen molar-refractivity contribution in [3.05, 3.63) is 24.0 Å². The molecule has 1 heterocycles. The van der Waals surface area contributed by atoms with E-state index in [1.807, 2.05) is 25.3 Å². The van der Waals surface area contributed by atoms with Gasteiger partial charge in [0.2, 0.25) is 0 Å². The van der Waals surface area contributed by atoms with Crippen LogP contribution in [-0.2, 0) is 0 Å². The maximum Gasteiger partial charge on any atom is 0.0428 e. The van der Waals surface area contributed by atoms with Gasteiger partial charge in [0.05, 0.1) is 0 Å². The summed E-state index contributed by atoms with van der Waals surface area (Å²) in [6.45, 7) is 6.30. The first-order chi connectivity index (χ1) is 6.63. The van der Waals surface area contributed by atoms with E-state index in [0.29, 0.717) is 17.8 Å². The number of hydrogen-bond donors (Lipinski definition) is 1. The smallest absolute Gasteiger partial charge is 0.0428 e. The highest BCUT2D eigenvalue weighted by Crippen LogP contribution is 2.13. The summed E-state index contributed by atoms with van der Waals surface area (Å²) in [5.74, 6) is 1.15. The normalized spacial score (nSPS) is 12.9. The van der Waals surface area contributed by atoms with Crippen LogP contribution in [0.4, 0.5) is 5.69 Å². The van der Waals surface area contributed by atoms with E-state index in [0.717, 1.165) is 11.4 Å². The third-order valence-electron chi connectivity index (χ3n) is 2.22. The maximum absolute atomic E-state index is 5.87. The van der Waals surface area contributed by atoms with Crippen molar-refractivity contribution in [2.75, 3.05) is 11.2 Å². The molecule has 0 radical (unpaired) electrons. The number of anilines is 1. The van der Waals surface area contributed by atoms with Gasteiger partial charge in [-0.25, -0.2) is 0 Å². The highest BCUT2D eigenvalue weighted by Gasteiger charge is 2.11. The van der Waals surface area contributed by atoms with Gasteiger partial charge in [0.25, 0.3) is 0 Å². The van der Waals surface area contributed by atoms with Crippen molar-refractivity contribution in [2.24, 2.45) is 5.92 Å². The predicted molar refractivity (Wildman–Crippen MR) is 61.9 cm³/mol. The molecule has 2 nitrogen and oxygen atoms in total. The van der Waals surface area contributed by atoms with E-state index in [4.69, 9.17) is 11.6 Å². The minimum absolute atomic E-state index is 0.318. The second kappa shape index (κ2) is 5.20. The third-order valence-corrected chi connectivity index (χ3v) is 2.55. The lowest BCUT2D eigenvalue weighted by atomic mass is 10.1. The van der Waals surface area contributed by atoms with Crippen molar-refractivity contribution in [3.63, 3.8) is 0 Å². The van der Waals surface area contributed by atoms with Crippen LogP contribution in [0.25, 0.3) is 0 Å². The number of rotatable bonds is 4. The highest BCUT2D eigenvalue weighted by atomic mass is 35.5. The minimum atomic E-state index is 0.318. The van der Waals surface area contributed by atoms with E-state index in [-0.39, 0.29) is 0 Å². The molecule has 1 atom stereocenters. The van der Waals surface area contributed by atoms with E-state index in [9.17, 15) is 0 Å². The number of pyridine rings is 1. The van der Waals surface area contributed by atoms with Crippen LogP contribution in [0.5, 0.6) is 0 Å². The predicted octanol–water partition coefficient (Wildman–Crippen LogP) is 3.07. The lowest BCUT2D eigenvalue weighted by Gasteiger charge is -2.21. The first-order valence-corrected chi connectivity index (χ1v) is 5.42. The zero-order valence-electron chi connectivity index (χ0n) is 8.92.